The standard InChI is InChI=1S/C25H28N4OS/c1-30-20-14-12-19(13-15-20)29-24(23(27-25(29)31)21-10-5-6-16-26-21)22-11-7-17-28(22)18-8-3-2-4-9-18/h5-7,10-18,23-24H,2-4,8-9H2,1H3,(H,27,31)/t23-,24-/m0/s1. The zero-order chi connectivity index (χ0) is 21.2. The molecule has 1 N–H and O–H groups in total. The van der Waals surface area contributed by atoms with Crippen molar-refractivity contribution in [3.05, 3.63) is 78.4 Å². The lowest BCUT2D eigenvalue weighted by molar-refractivity contribution is 0.340. The van der Waals surface area contributed by atoms with Crippen molar-refractivity contribution >= 4 is 23.0 Å². The molecule has 2 aromatic heterocycles. The van der Waals surface area contributed by atoms with Gasteiger partial charge in [0, 0.05) is 29.8 Å². The number of benzene rings is 1. The molecule has 6 heteroatoms. The molecule has 1 aliphatic carbocycles. The molecule has 160 valence electrons. The van der Waals surface area contributed by atoms with Gasteiger partial charge in [0.1, 0.15) is 11.8 Å². The van der Waals surface area contributed by atoms with Crippen LogP contribution in [0.5, 0.6) is 5.75 Å². The zero-order valence-electron chi connectivity index (χ0n) is 17.8. The fraction of sp³-hybridized carbons (Fsp3) is 0.360. The quantitative estimate of drug-likeness (QED) is 0.534. The van der Waals surface area contributed by atoms with Gasteiger partial charge in [0.25, 0.3) is 0 Å². The SMILES string of the molecule is COc1ccc(N2C(=S)N[C@@H](c3ccccn3)[C@@H]2c2cccn2C2CCCCC2)cc1. The highest BCUT2D eigenvalue weighted by Gasteiger charge is 2.42. The number of rotatable bonds is 5. The number of pyridine rings is 1. The van der Waals surface area contributed by atoms with Gasteiger partial charge in [0.2, 0.25) is 0 Å². The third-order valence-corrected chi connectivity index (χ3v) is 6.85. The minimum atomic E-state index is -0.0203. The van der Waals surface area contributed by atoms with Crippen LogP contribution in [0, 0.1) is 0 Å². The molecule has 0 radical (unpaired) electrons. The van der Waals surface area contributed by atoms with Gasteiger partial charge in [-0.2, -0.15) is 0 Å². The van der Waals surface area contributed by atoms with Gasteiger partial charge in [-0.05, 0) is 73.6 Å². The van der Waals surface area contributed by atoms with Crippen LogP contribution in [0.1, 0.15) is 61.6 Å². The fourth-order valence-corrected chi connectivity index (χ4v) is 5.37. The summed E-state index contributed by atoms with van der Waals surface area (Å²) in [6.07, 6.45) is 10.5. The molecule has 2 aliphatic rings. The lowest BCUT2D eigenvalue weighted by atomic mass is 9.94. The van der Waals surface area contributed by atoms with Gasteiger partial charge in [-0.15, -0.1) is 0 Å². The Morgan fingerprint density at radius 3 is 2.52 bits per heavy atom. The van der Waals surface area contributed by atoms with Crippen molar-refractivity contribution in [1.29, 1.82) is 0 Å². The van der Waals surface area contributed by atoms with E-state index < -0.39 is 0 Å². The number of methoxy groups -OCH3 is 1. The number of hydrogen-bond acceptors (Lipinski definition) is 3. The second kappa shape index (κ2) is 8.71. The Bertz CT molecular complexity index is 1030. The number of thiocarbonyl (C=S) groups is 1. The Kier molecular flexibility index (Phi) is 5.64. The summed E-state index contributed by atoms with van der Waals surface area (Å²) in [6.45, 7) is 0. The van der Waals surface area contributed by atoms with Crippen molar-refractivity contribution in [2.24, 2.45) is 0 Å². The number of anilines is 1. The number of nitrogens with one attached hydrogen (secondary N) is 1. The predicted octanol–water partition coefficient (Wildman–Crippen LogP) is 5.57. The van der Waals surface area contributed by atoms with Gasteiger partial charge < -0.3 is 19.5 Å². The van der Waals surface area contributed by atoms with Crippen molar-refractivity contribution in [3.63, 3.8) is 0 Å². The number of hydrogen-bond donors (Lipinski definition) is 1. The summed E-state index contributed by atoms with van der Waals surface area (Å²) in [5, 5.41) is 4.29. The molecule has 0 bridgehead atoms. The van der Waals surface area contributed by atoms with Crippen LogP contribution in [0.3, 0.4) is 0 Å². The van der Waals surface area contributed by atoms with E-state index in [0.717, 1.165) is 22.2 Å². The molecule has 5 nitrogen and oxygen atoms in total. The number of nitrogens with zero attached hydrogens (tertiary/aromatic N) is 3. The average Bonchev–Trinajstić information content (AvgIpc) is 3.44. The molecule has 0 spiro atoms. The van der Waals surface area contributed by atoms with Crippen LogP contribution < -0.4 is 15.0 Å². The second-order valence-corrected chi connectivity index (χ2v) is 8.71. The summed E-state index contributed by atoms with van der Waals surface area (Å²) in [4.78, 5) is 6.91. The van der Waals surface area contributed by atoms with Gasteiger partial charge in [0.05, 0.1) is 18.8 Å². The Morgan fingerprint density at radius 2 is 1.81 bits per heavy atom. The van der Waals surface area contributed by atoms with E-state index in [1.54, 1.807) is 7.11 Å². The van der Waals surface area contributed by atoms with Crippen molar-refractivity contribution in [2.75, 3.05) is 12.0 Å². The summed E-state index contributed by atoms with van der Waals surface area (Å²) >= 11 is 5.86. The molecule has 3 aromatic rings. The molecule has 0 amide bonds. The zero-order valence-corrected chi connectivity index (χ0v) is 18.6. The van der Waals surface area contributed by atoms with Gasteiger partial charge >= 0.3 is 0 Å². The molecule has 1 aromatic carbocycles. The molecule has 31 heavy (non-hydrogen) atoms. The molecule has 3 heterocycles. The molecular weight excluding hydrogens is 404 g/mol. The molecule has 5 rings (SSSR count). The first-order valence-corrected chi connectivity index (χ1v) is 11.5. The maximum Gasteiger partial charge on any atom is 0.174 e. The summed E-state index contributed by atoms with van der Waals surface area (Å²) < 4.78 is 7.86. The highest BCUT2D eigenvalue weighted by Crippen LogP contribution is 2.43. The maximum absolute atomic E-state index is 5.86. The largest absolute Gasteiger partial charge is 0.497 e. The summed E-state index contributed by atoms with van der Waals surface area (Å²) in [6, 6.07) is 19.2. The molecular formula is C25H28N4OS. The Hall–Kier alpha value is -2.86. The third kappa shape index (κ3) is 3.81. The van der Waals surface area contributed by atoms with Crippen molar-refractivity contribution in [2.45, 2.75) is 50.2 Å². The second-order valence-electron chi connectivity index (χ2n) is 8.33. The Balaban J connectivity index is 1.59. The van der Waals surface area contributed by atoms with E-state index in [2.05, 4.69) is 56.3 Å². The lowest BCUT2D eigenvalue weighted by Crippen LogP contribution is -2.31. The van der Waals surface area contributed by atoms with Crippen LogP contribution >= 0.6 is 12.2 Å². The van der Waals surface area contributed by atoms with E-state index in [0.29, 0.717) is 6.04 Å². The smallest absolute Gasteiger partial charge is 0.174 e. The molecule has 0 unspecified atom stereocenters. The monoisotopic (exact) mass is 432 g/mol. The maximum atomic E-state index is 5.86. The van der Waals surface area contributed by atoms with Gasteiger partial charge in [-0.25, -0.2) is 0 Å². The average molecular weight is 433 g/mol. The van der Waals surface area contributed by atoms with E-state index in [4.69, 9.17) is 17.0 Å². The molecule has 1 saturated heterocycles. The summed E-state index contributed by atoms with van der Waals surface area (Å²) in [5.41, 5.74) is 3.34. The van der Waals surface area contributed by atoms with Gasteiger partial charge in [0.15, 0.2) is 5.11 Å². The molecule has 2 fully saturated rings. The summed E-state index contributed by atoms with van der Waals surface area (Å²) in [5.74, 6) is 0.838. The fourth-order valence-electron chi connectivity index (χ4n) is 5.03. The molecule has 1 aliphatic heterocycles. The first-order chi connectivity index (χ1) is 15.3. The van der Waals surface area contributed by atoms with E-state index in [9.17, 15) is 0 Å². The normalized spacial score (nSPS) is 21.8. The van der Waals surface area contributed by atoms with E-state index in [1.165, 1.54) is 37.8 Å². The van der Waals surface area contributed by atoms with Crippen LogP contribution in [0.2, 0.25) is 0 Å². The highest BCUT2D eigenvalue weighted by atomic mass is 32.1. The van der Waals surface area contributed by atoms with Crippen molar-refractivity contribution in [3.8, 4) is 5.75 Å². The van der Waals surface area contributed by atoms with E-state index in [-0.39, 0.29) is 12.1 Å². The third-order valence-electron chi connectivity index (χ3n) is 6.53. The van der Waals surface area contributed by atoms with Crippen LogP contribution in [0.25, 0.3) is 0 Å². The van der Waals surface area contributed by atoms with Crippen LogP contribution in [-0.2, 0) is 0 Å². The minimum Gasteiger partial charge on any atom is -0.497 e. The van der Waals surface area contributed by atoms with E-state index >= 15 is 0 Å². The van der Waals surface area contributed by atoms with Crippen molar-refractivity contribution in [1.82, 2.24) is 14.9 Å². The Morgan fingerprint density at radius 1 is 1.00 bits per heavy atom. The predicted molar refractivity (Wildman–Crippen MR) is 127 cm³/mol. The topological polar surface area (TPSA) is 42.3 Å². The van der Waals surface area contributed by atoms with Gasteiger partial charge in [-0.3, -0.25) is 4.98 Å². The summed E-state index contributed by atoms with van der Waals surface area (Å²) in [7, 11) is 1.69. The van der Waals surface area contributed by atoms with Crippen LogP contribution in [0.4, 0.5) is 5.69 Å². The van der Waals surface area contributed by atoms with Crippen LogP contribution in [0.15, 0.2) is 67.0 Å². The first-order valence-electron chi connectivity index (χ1n) is 11.1. The molecule has 1 saturated carbocycles. The number of ether oxygens (including phenoxy) is 1. The lowest BCUT2D eigenvalue weighted by Gasteiger charge is -2.32. The van der Waals surface area contributed by atoms with Gasteiger partial charge in [-0.1, -0.05) is 25.3 Å². The highest BCUT2D eigenvalue weighted by molar-refractivity contribution is 7.80. The molecule has 2 atom stereocenters. The first kappa shape index (κ1) is 20.1. The minimum absolute atomic E-state index is 0.0203. The number of aromatic nitrogens is 2. The van der Waals surface area contributed by atoms with E-state index in [1.807, 2.05) is 30.5 Å². The Labute approximate surface area is 189 Å². The van der Waals surface area contributed by atoms with Crippen molar-refractivity contribution < 1.29 is 4.74 Å². The van der Waals surface area contributed by atoms with Crippen LogP contribution in [-0.4, -0.2) is 21.8 Å².